The lowest BCUT2D eigenvalue weighted by molar-refractivity contribution is 0.748. The van der Waals surface area contributed by atoms with Gasteiger partial charge in [0.15, 0.2) is 0 Å². The summed E-state index contributed by atoms with van der Waals surface area (Å²) in [6.45, 7) is 2.28. The molecule has 3 nitrogen and oxygen atoms in total. The van der Waals surface area contributed by atoms with Gasteiger partial charge in [0.2, 0.25) is 0 Å². The summed E-state index contributed by atoms with van der Waals surface area (Å²) in [4.78, 5) is 9.97. The summed E-state index contributed by atoms with van der Waals surface area (Å²) >= 11 is 0. The summed E-state index contributed by atoms with van der Waals surface area (Å²) < 4.78 is 0. The molecule has 8 rings (SSSR count). The number of allylic oxidation sites excluding steroid dienone is 4. The number of benzene rings is 5. The molecule has 1 aliphatic carbocycles. The molecule has 2 atom stereocenters. The smallest absolute Gasteiger partial charge is 0.145 e. The van der Waals surface area contributed by atoms with Crippen LogP contribution in [0, 0.1) is 5.92 Å². The topological polar surface area (TPSA) is 37.3 Å². The highest BCUT2D eigenvalue weighted by atomic mass is 15.1. The Morgan fingerprint density at radius 1 is 0.596 bits per heavy atom. The number of anilines is 1. The molecule has 1 N–H and O–H groups in total. The van der Waals surface area contributed by atoms with E-state index >= 15 is 0 Å². The van der Waals surface area contributed by atoms with Gasteiger partial charge < -0.3 is 5.32 Å². The number of nitrogens with zero attached hydrogens (tertiary/aromatic N) is 2. The van der Waals surface area contributed by atoms with Crippen molar-refractivity contribution in [3.05, 3.63) is 186 Å². The minimum absolute atomic E-state index is 0.257. The predicted octanol–water partition coefficient (Wildman–Crippen LogP) is 11.0. The molecule has 226 valence electrons. The summed E-state index contributed by atoms with van der Waals surface area (Å²) in [5.74, 6) is 0.499. The number of hydrogen-bond donors (Lipinski definition) is 1. The van der Waals surface area contributed by atoms with E-state index in [9.17, 15) is 0 Å². The number of aliphatic imine (C=N–C) groups is 1. The zero-order valence-electron chi connectivity index (χ0n) is 26.3. The van der Waals surface area contributed by atoms with E-state index in [1.807, 2.05) is 18.3 Å². The molecule has 3 heteroatoms. The first-order valence-electron chi connectivity index (χ1n) is 16.3. The highest BCUT2D eigenvalue weighted by molar-refractivity contribution is 6.17. The molecule has 47 heavy (non-hydrogen) atoms. The van der Waals surface area contributed by atoms with Gasteiger partial charge >= 0.3 is 0 Å². The molecule has 0 fully saturated rings. The van der Waals surface area contributed by atoms with Crippen molar-refractivity contribution in [2.75, 3.05) is 5.32 Å². The van der Waals surface area contributed by atoms with Crippen molar-refractivity contribution in [2.24, 2.45) is 10.9 Å². The molecule has 0 amide bonds. The highest BCUT2D eigenvalue weighted by Crippen LogP contribution is 2.39. The lowest BCUT2D eigenvalue weighted by Crippen LogP contribution is -2.21. The molecule has 0 saturated heterocycles. The van der Waals surface area contributed by atoms with Crippen LogP contribution >= 0.6 is 0 Å². The maximum absolute atomic E-state index is 5.42. The fraction of sp³-hybridized carbons (Fsp3) is 0.0909. The van der Waals surface area contributed by atoms with E-state index in [2.05, 4.69) is 163 Å². The quantitative estimate of drug-likeness (QED) is 0.205. The van der Waals surface area contributed by atoms with Crippen LogP contribution in [0.4, 0.5) is 5.69 Å². The lowest BCUT2D eigenvalue weighted by Gasteiger charge is -2.28. The Labute approximate surface area is 276 Å². The second kappa shape index (κ2) is 12.5. The van der Waals surface area contributed by atoms with E-state index in [0.29, 0.717) is 5.92 Å². The molecule has 0 spiro atoms. The predicted molar refractivity (Wildman–Crippen MR) is 196 cm³/mol. The summed E-state index contributed by atoms with van der Waals surface area (Å²) in [5.41, 5.74) is 14.9. The molecule has 0 bridgehead atoms. The Hall–Kier alpha value is -5.80. The second-order valence-corrected chi connectivity index (χ2v) is 12.4. The van der Waals surface area contributed by atoms with Crippen molar-refractivity contribution in [3.8, 4) is 33.5 Å². The number of aromatic nitrogens is 1. The molecule has 2 heterocycles. The number of rotatable bonds is 6. The lowest BCUT2D eigenvalue weighted by atomic mass is 9.87. The first-order chi connectivity index (χ1) is 23.2. The van der Waals surface area contributed by atoms with Gasteiger partial charge in [-0.3, -0.25) is 9.98 Å². The van der Waals surface area contributed by atoms with E-state index < -0.39 is 0 Å². The molecular weight excluding hydrogens is 571 g/mol. The third-order valence-corrected chi connectivity index (χ3v) is 9.08. The molecule has 0 radical (unpaired) electrons. The van der Waals surface area contributed by atoms with Crippen LogP contribution in [-0.2, 0) is 0 Å². The second-order valence-electron chi connectivity index (χ2n) is 12.4. The van der Waals surface area contributed by atoms with E-state index in [0.717, 1.165) is 45.8 Å². The maximum Gasteiger partial charge on any atom is 0.145 e. The summed E-state index contributed by atoms with van der Waals surface area (Å²) in [5, 5.41) is 3.84. The number of fused-ring (bicyclic) bond motifs is 1. The Bertz CT molecular complexity index is 2130. The zero-order valence-corrected chi connectivity index (χ0v) is 26.3. The fourth-order valence-corrected chi connectivity index (χ4v) is 6.63. The molecule has 1 aliphatic heterocycles. The monoisotopic (exact) mass is 605 g/mol. The highest BCUT2D eigenvalue weighted by Gasteiger charge is 2.24. The summed E-state index contributed by atoms with van der Waals surface area (Å²) in [6, 6.07) is 49.5. The normalized spacial score (nSPS) is 16.9. The Balaban J connectivity index is 1.25. The SMILES string of the molecule is CC1C=CC=C(c2cc(-c3ccc(-c4ccccn4)cc3)cc(C3N=C(c4ccccc4)c4ccc(-c5ccccc5)cc4N3)c2)C1. The Morgan fingerprint density at radius 2 is 1.28 bits per heavy atom. The standard InChI is InChI=1S/C44H35N3/c1-30-11-10-16-35(25-30)38-26-37(32-18-20-33(21-19-32)41-17-8-9-24-45-41)27-39(28-38)44-46-42-29-36(31-12-4-2-5-13-31)22-23-40(42)43(47-44)34-14-6-3-7-15-34/h2-24,26-30,44,46H,25H2,1H3. The van der Waals surface area contributed by atoms with Crippen LogP contribution in [0.1, 0.15) is 41.8 Å². The first kappa shape index (κ1) is 28.7. The van der Waals surface area contributed by atoms with Crippen molar-refractivity contribution in [2.45, 2.75) is 19.5 Å². The molecule has 2 unspecified atom stereocenters. The number of hydrogen-bond acceptors (Lipinski definition) is 3. The van der Waals surface area contributed by atoms with Gasteiger partial charge in [-0.2, -0.15) is 0 Å². The van der Waals surface area contributed by atoms with E-state index in [1.54, 1.807) is 0 Å². The van der Waals surface area contributed by atoms with Crippen LogP contribution in [0.25, 0.3) is 39.1 Å². The summed E-state index contributed by atoms with van der Waals surface area (Å²) in [7, 11) is 0. The zero-order chi connectivity index (χ0) is 31.6. The van der Waals surface area contributed by atoms with Gasteiger partial charge in [0.1, 0.15) is 6.17 Å². The fourth-order valence-electron chi connectivity index (χ4n) is 6.63. The van der Waals surface area contributed by atoms with Crippen molar-refractivity contribution >= 4 is 17.0 Å². The van der Waals surface area contributed by atoms with Crippen LogP contribution in [0.5, 0.6) is 0 Å². The van der Waals surface area contributed by atoms with Gasteiger partial charge in [-0.25, -0.2) is 0 Å². The van der Waals surface area contributed by atoms with Crippen LogP contribution in [-0.4, -0.2) is 10.7 Å². The van der Waals surface area contributed by atoms with E-state index in [4.69, 9.17) is 4.99 Å². The van der Waals surface area contributed by atoms with Gasteiger partial charge in [-0.05, 0) is 87.7 Å². The van der Waals surface area contributed by atoms with Gasteiger partial charge in [0.25, 0.3) is 0 Å². The van der Waals surface area contributed by atoms with Crippen molar-refractivity contribution in [1.82, 2.24) is 4.98 Å². The molecule has 5 aromatic carbocycles. The van der Waals surface area contributed by atoms with Gasteiger partial charge in [0.05, 0.1) is 11.4 Å². The van der Waals surface area contributed by atoms with Gasteiger partial charge in [-0.1, -0.05) is 128 Å². The van der Waals surface area contributed by atoms with Crippen LogP contribution in [0.2, 0.25) is 0 Å². The summed E-state index contributed by atoms with van der Waals surface area (Å²) in [6.07, 6.45) is 9.34. The third kappa shape index (κ3) is 5.96. The maximum atomic E-state index is 5.42. The van der Waals surface area contributed by atoms with Crippen LogP contribution in [0.3, 0.4) is 0 Å². The number of pyridine rings is 1. The third-order valence-electron chi connectivity index (χ3n) is 9.08. The number of nitrogens with one attached hydrogen (secondary N) is 1. The molecule has 0 saturated carbocycles. The van der Waals surface area contributed by atoms with Gasteiger partial charge in [0, 0.05) is 28.6 Å². The van der Waals surface area contributed by atoms with Crippen LogP contribution < -0.4 is 5.32 Å². The molecule has 1 aromatic heterocycles. The van der Waals surface area contributed by atoms with Crippen molar-refractivity contribution in [1.29, 1.82) is 0 Å². The average Bonchev–Trinajstić information content (AvgIpc) is 3.15. The Kier molecular flexibility index (Phi) is 7.64. The van der Waals surface area contributed by atoms with E-state index in [1.165, 1.54) is 33.4 Å². The largest absolute Gasteiger partial charge is 0.359 e. The van der Waals surface area contributed by atoms with Crippen molar-refractivity contribution < 1.29 is 0 Å². The van der Waals surface area contributed by atoms with E-state index in [-0.39, 0.29) is 6.17 Å². The van der Waals surface area contributed by atoms with Gasteiger partial charge in [-0.15, -0.1) is 0 Å². The molecule has 6 aromatic rings. The van der Waals surface area contributed by atoms with Crippen molar-refractivity contribution in [3.63, 3.8) is 0 Å². The Morgan fingerprint density at radius 3 is 2.02 bits per heavy atom. The minimum atomic E-state index is -0.257. The average molecular weight is 606 g/mol. The molecular formula is C44H35N3. The minimum Gasteiger partial charge on any atom is -0.359 e. The van der Waals surface area contributed by atoms with Crippen LogP contribution in [0.15, 0.2) is 169 Å². The molecule has 2 aliphatic rings. The first-order valence-corrected chi connectivity index (χ1v) is 16.3.